The predicted molar refractivity (Wildman–Crippen MR) is 20.7 cm³/mol. The zero-order valence-electron chi connectivity index (χ0n) is 3.66. The van der Waals surface area contributed by atoms with Gasteiger partial charge in [-0.15, -0.1) is 0 Å². The van der Waals surface area contributed by atoms with E-state index in [2.05, 4.69) is 0 Å². The SMILES string of the molecule is O=[N+]([O-])[O-].O=[N+]([O-])[O-].[Pd+2]. The molecule has 0 fully saturated rings. The first-order chi connectivity index (χ1) is 3.46. The van der Waals surface area contributed by atoms with Crippen LogP contribution in [0.5, 0.6) is 0 Å². The van der Waals surface area contributed by atoms with E-state index in [1.54, 1.807) is 0 Å². The first kappa shape index (κ1) is 15.7. The quantitative estimate of drug-likeness (QED) is 0.313. The molecule has 0 rings (SSSR count). The summed E-state index contributed by atoms with van der Waals surface area (Å²) >= 11 is 0. The summed E-state index contributed by atoms with van der Waals surface area (Å²) in [5.41, 5.74) is 0. The molecule has 8 nitrogen and oxygen atoms in total. The summed E-state index contributed by atoms with van der Waals surface area (Å²) in [6, 6.07) is 0. The summed E-state index contributed by atoms with van der Waals surface area (Å²) in [6.07, 6.45) is 0. The number of rotatable bonds is 0. The molecule has 0 aromatic rings. The van der Waals surface area contributed by atoms with E-state index in [1.807, 2.05) is 0 Å². The molecule has 0 saturated carbocycles. The van der Waals surface area contributed by atoms with E-state index >= 15 is 0 Å². The minimum absolute atomic E-state index is 0. The fourth-order valence-electron chi connectivity index (χ4n) is 0. The first-order valence-electron chi connectivity index (χ1n) is 1.10. The smallest absolute Gasteiger partial charge is 0.356 e. The molecule has 0 spiro atoms. The van der Waals surface area contributed by atoms with Gasteiger partial charge in [0.2, 0.25) is 0 Å². The van der Waals surface area contributed by atoms with Crippen molar-refractivity contribution in [1.82, 2.24) is 0 Å². The van der Waals surface area contributed by atoms with E-state index in [-0.39, 0.29) is 20.4 Å². The molecule has 0 saturated heterocycles. The molecule has 0 unspecified atom stereocenters. The molecule has 0 aliphatic carbocycles. The van der Waals surface area contributed by atoms with Crippen LogP contribution in [0.1, 0.15) is 0 Å². The molecule has 0 atom stereocenters. The maximum atomic E-state index is 8.25. The van der Waals surface area contributed by atoms with Crippen molar-refractivity contribution >= 4 is 0 Å². The molecule has 9 heteroatoms. The van der Waals surface area contributed by atoms with Gasteiger partial charge in [0.1, 0.15) is 0 Å². The largest absolute Gasteiger partial charge is 2.00 e. The van der Waals surface area contributed by atoms with Crippen LogP contribution in [0, 0.1) is 30.6 Å². The van der Waals surface area contributed by atoms with Gasteiger partial charge in [-0.2, -0.15) is 0 Å². The van der Waals surface area contributed by atoms with E-state index in [0.717, 1.165) is 0 Å². The van der Waals surface area contributed by atoms with Gasteiger partial charge in [0.15, 0.2) is 0 Å². The van der Waals surface area contributed by atoms with Crippen LogP contribution in [0.15, 0.2) is 0 Å². The molecule has 0 amide bonds. The Bertz CT molecular complexity index is 69.1. The molecule has 9 heavy (non-hydrogen) atoms. The Morgan fingerprint density at radius 3 is 0.778 bits per heavy atom. The summed E-state index contributed by atoms with van der Waals surface area (Å²) in [5.74, 6) is 0. The fraction of sp³-hybridized carbons (Fsp3) is 0. The van der Waals surface area contributed by atoms with Crippen LogP contribution in [-0.4, -0.2) is 10.2 Å². The number of nitrogens with zero attached hydrogens (tertiary/aromatic N) is 2. The van der Waals surface area contributed by atoms with Gasteiger partial charge in [-0.05, 0) is 0 Å². The van der Waals surface area contributed by atoms with Crippen molar-refractivity contribution in [3.05, 3.63) is 30.6 Å². The van der Waals surface area contributed by atoms with Crippen LogP contribution in [-0.2, 0) is 20.4 Å². The molecule has 0 aliphatic heterocycles. The molecule has 0 aromatic carbocycles. The van der Waals surface area contributed by atoms with Crippen molar-refractivity contribution in [3.63, 3.8) is 0 Å². The van der Waals surface area contributed by atoms with Crippen molar-refractivity contribution in [1.29, 1.82) is 0 Å². The molecule has 0 heterocycles. The third kappa shape index (κ3) is 206. The Hall–Kier alpha value is -0.938. The van der Waals surface area contributed by atoms with E-state index in [9.17, 15) is 0 Å². The van der Waals surface area contributed by atoms with Crippen molar-refractivity contribution < 1.29 is 30.6 Å². The summed E-state index contributed by atoms with van der Waals surface area (Å²) in [4.78, 5) is 16.5. The second kappa shape index (κ2) is 10.1. The van der Waals surface area contributed by atoms with Crippen molar-refractivity contribution in [2.75, 3.05) is 0 Å². The Morgan fingerprint density at radius 2 is 0.778 bits per heavy atom. The van der Waals surface area contributed by atoms with Crippen LogP contribution in [0.2, 0.25) is 0 Å². The first-order valence-corrected chi connectivity index (χ1v) is 1.10. The topological polar surface area (TPSA) is 132 Å². The standard InChI is InChI=1S/2NO3.Pd/c2*2-1(3)4;/q2*-1;+2. The third-order valence-corrected chi connectivity index (χ3v) is 0. The fourth-order valence-corrected chi connectivity index (χ4v) is 0. The molecule has 0 bridgehead atoms. The number of hydrogen-bond acceptors (Lipinski definition) is 6. The minimum Gasteiger partial charge on any atom is -0.356 e. The van der Waals surface area contributed by atoms with E-state index in [4.69, 9.17) is 30.6 Å². The second-order valence-electron chi connectivity index (χ2n) is 0.447. The van der Waals surface area contributed by atoms with Gasteiger partial charge in [0, 0.05) is 0 Å². The van der Waals surface area contributed by atoms with Crippen molar-refractivity contribution in [2.24, 2.45) is 0 Å². The van der Waals surface area contributed by atoms with E-state index in [0.29, 0.717) is 0 Å². The van der Waals surface area contributed by atoms with E-state index < -0.39 is 10.2 Å². The molecule has 0 aromatic heterocycles. The van der Waals surface area contributed by atoms with Crippen LogP contribution >= 0.6 is 0 Å². The minimum atomic E-state index is -1.75. The Morgan fingerprint density at radius 1 is 0.778 bits per heavy atom. The Kier molecular flexibility index (Phi) is 17.7. The normalized spacial score (nSPS) is 5.33. The second-order valence-corrected chi connectivity index (χ2v) is 0.447. The molecule has 0 aliphatic rings. The maximum Gasteiger partial charge on any atom is 2.00 e. The summed E-state index contributed by atoms with van der Waals surface area (Å²) in [7, 11) is 0. The van der Waals surface area contributed by atoms with Gasteiger partial charge in [0.05, 0.1) is 10.2 Å². The van der Waals surface area contributed by atoms with Crippen molar-refractivity contribution in [3.8, 4) is 0 Å². The van der Waals surface area contributed by atoms with Gasteiger partial charge in [-0.25, -0.2) is 0 Å². The van der Waals surface area contributed by atoms with Gasteiger partial charge in [0.25, 0.3) is 0 Å². The Labute approximate surface area is 62.0 Å². The van der Waals surface area contributed by atoms with Crippen LogP contribution in [0.25, 0.3) is 0 Å². The summed E-state index contributed by atoms with van der Waals surface area (Å²) < 4.78 is 0. The summed E-state index contributed by atoms with van der Waals surface area (Å²) in [6.45, 7) is 0. The summed E-state index contributed by atoms with van der Waals surface area (Å²) in [5, 5.41) is 29.5. The Balaban J connectivity index is -0.0000000720. The zero-order chi connectivity index (χ0) is 7.15. The van der Waals surface area contributed by atoms with Crippen LogP contribution < -0.4 is 0 Å². The average molecular weight is 230 g/mol. The van der Waals surface area contributed by atoms with Crippen LogP contribution in [0.3, 0.4) is 0 Å². The zero-order valence-corrected chi connectivity index (χ0v) is 5.21. The van der Waals surface area contributed by atoms with Gasteiger partial charge >= 0.3 is 20.4 Å². The molecule has 0 radical (unpaired) electrons. The average Bonchev–Trinajstić information content (AvgIpc) is 1.25. The van der Waals surface area contributed by atoms with Gasteiger partial charge < -0.3 is 30.6 Å². The third-order valence-electron chi connectivity index (χ3n) is 0. The number of hydrogen-bond donors (Lipinski definition) is 0. The van der Waals surface area contributed by atoms with Crippen molar-refractivity contribution in [2.45, 2.75) is 0 Å². The predicted octanol–water partition coefficient (Wildman–Crippen LogP) is -0.481. The van der Waals surface area contributed by atoms with Crippen LogP contribution in [0.4, 0.5) is 0 Å². The van der Waals surface area contributed by atoms with Gasteiger partial charge in [-0.1, -0.05) is 0 Å². The monoisotopic (exact) mass is 230 g/mol. The molecular formula is N2O6Pd. The molecular weight excluding hydrogens is 230 g/mol. The van der Waals surface area contributed by atoms with E-state index in [1.165, 1.54) is 0 Å². The van der Waals surface area contributed by atoms with Gasteiger partial charge in [-0.3, -0.25) is 0 Å². The molecule has 56 valence electrons. The maximum absolute atomic E-state index is 8.25. The molecule has 0 N–H and O–H groups in total.